The number of hydrogen-bond acceptors (Lipinski definition) is 4. The highest BCUT2D eigenvalue weighted by atomic mass is 16.3. The van der Waals surface area contributed by atoms with E-state index in [0.29, 0.717) is 18.8 Å². The third-order valence-electron chi connectivity index (χ3n) is 3.01. The van der Waals surface area contributed by atoms with Crippen LogP contribution in [0.2, 0.25) is 0 Å². The summed E-state index contributed by atoms with van der Waals surface area (Å²) < 4.78 is 0. The van der Waals surface area contributed by atoms with E-state index in [1.165, 1.54) is 0 Å². The highest BCUT2D eigenvalue weighted by molar-refractivity contribution is 6.19. The number of rotatable bonds is 5. The molecule has 1 saturated heterocycles. The SMILES string of the molecule is CC(C)CCC1(CCO)C(=O)NC(=O)NC1=O. The van der Waals surface area contributed by atoms with Crippen LogP contribution in [0.25, 0.3) is 0 Å². The van der Waals surface area contributed by atoms with Gasteiger partial charge in [0.25, 0.3) is 0 Å². The largest absolute Gasteiger partial charge is 0.396 e. The molecule has 17 heavy (non-hydrogen) atoms. The van der Waals surface area contributed by atoms with E-state index in [4.69, 9.17) is 5.11 Å². The second-order valence-electron chi connectivity index (χ2n) is 4.73. The molecule has 0 atom stereocenters. The molecule has 0 aromatic heterocycles. The Kier molecular flexibility index (Phi) is 4.22. The molecular weight excluding hydrogens is 224 g/mol. The first-order valence-electron chi connectivity index (χ1n) is 5.70. The molecule has 1 rings (SSSR count). The van der Waals surface area contributed by atoms with Crippen molar-refractivity contribution in [3.63, 3.8) is 0 Å². The van der Waals surface area contributed by atoms with Crippen LogP contribution in [0.5, 0.6) is 0 Å². The van der Waals surface area contributed by atoms with Crippen LogP contribution in [0.15, 0.2) is 0 Å². The molecule has 6 nitrogen and oxygen atoms in total. The number of amides is 4. The first kappa shape index (κ1) is 13.6. The van der Waals surface area contributed by atoms with Gasteiger partial charge in [-0.3, -0.25) is 20.2 Å². The van der Waals surface area contributed by atoms with Crippen molar-refractivity contribution in [1.29, 1.82) is 0 Å². The second kappa shape index (κ2) is 5.27. The van der Waals surface area contributed by atoms with Gasteiger partial charge in [0.15, 0.2) is 0 Å². The van der Waals surface area contributed by atoms with Crippen LogP contribution in [0, 0.1) is 11.3 Å². The normalized spacial score (nSPS) is 19.2. The maximum atomic E-state index is 11.8. The van der Waals surface area contributed by atoms with Crippen LogP contribution in [-0.2, 0) is 9.59 Å². The Morgan fingerprint density at radius 2 is 1.65 bits per heavy atom. The average molecular weight is 242 g/mol. The van der Waals surface area contributed by atoms with Crippen LogP contribution >= 0.6 is 0 Å². The minimum atomic E-state index is -1.31. The Morgan fingerprint density at radius 3 is 2.06 bits per heavy atom. The van der Waals surface area contributed by atoms with Gasteiger partial charge in [-0.1, -0.05) is 13.8 Å². The molecule has 0 bridgehead atoms. The monoisotopic (exact) mass is 242 g/mol. The van der Waals surface area contributed by atoms with Crippen LogP contribution in [0.3, 0.4) is 0 Å². The molecule has 1 aliphatic rings. The summed E-state index contributed by atoms with van der Waals surface area (Å²) >= 11 is 0. The molecule has 1 heterocycles. The third-order valence-corrected chi connectivity index (χ3v) is 3.01. The van der Waals surface area contributed by atoms with E-state index in [-0.39, 0.29) is 13.0 Å². The van der Waals surface area contributed by atoms with E-state index in [9.17, 15) is 14.4 Å². The zero-order valence-corrected chi connectivity index (χ0v) is 10.1. The maximum absolute atomic E-state index is 11.8. The quantitative estimate of drug-likeness (QED) is 0.598. The molecule has 0 aromatic carbocycles. The van der Waals surface area contributed by atoms with Crippen LogP contribution in [0.4, 0.5) is 4.79 Å². The Labute approximate surface area is 99.8 Å². The topological polar surface area (TPSA) is 95.5 Å². The van der Waals surface area contributed by atoms with Crippen molar-refractivity contribution < 1.29 is 19.5 Å². The lowest BCUT2D eigenvalue weighted by Crippen LogP contribution is -2.62. The molecule has 6 heteroatoms. The molecule has 0 saturated carbocycles. The third kappa shape index (κ3) is 2.82. The van der Waals surface area contributed by atoms with E-state index in [1.807, 2.05) is 13.8 Å². The minimum Gasteiger partial charge on any atom is -0.396 e. The minimum absolute atomic E-state index is 0.0324. The van der Waals surface area contributed by atoms with Gasteiger partial charge in [0.2, 0.25) is 11.8 Å². The Hall–Kier alpha value is -1.43. The van der Waals surface area contributed by atoms with Crippen LogP contribution in [-0.4, -0.2) is 29.6 Å². The number of hydrogen-bond donors (Lipinski definition) is 3. The summed E-state index contributed by atoms with van der Waals surface area (Å²) in [6, 6.07) is -0.793. The number of aliphatic hydroxyl groups is 1. The number of nitrogens with one attached hydrogen (secondary N) is 2. The van der Waals surface area contributed by atoms with Crippen LogP contribution in [0.1, 0.15) is 33.1 Å². The molecule has 4 amide bonds. The summed E-state index contributed by atoms with van der Waals surface area (Å²) in [6.07, 6.45) is 1.04. The van der Waals surface area contributed by atoms with Crippen molar-refractivity contribution in [3.8, 4) is 0 Å². The fourth-order valence-electron chi connectivity index (χ4n) is 1.88. The smallest absolute Gasteiger partial charge is 0.328 e. The summed E-state index contributed by atoms with van der Waals surface area (Å²) in [6.45, 7) is 3.69. The lowest BCUT2D eigenvalue weighted by molar-refractivity contribution is -0.146. The number of aliphatic hydroxyl groups excluding tert-OH is 1. The standard InChI is InChI=1S/C11H18N2O4/c1-7(2)3-4-11(5-6-14)8(15)12-10(17)13-9(11)16/h7,14H,3-6H2,1-2H3,(H2,12,13,15,16,17). The van der Waals surface area contributed by atoms with Gasteiger partial charge < -0.3 is 5.11 Å². The number of barbiturate groups is 1. The van der Waals surface area contributed by atoms with Crippen LogP contribution < -0.4 is 10.6 Å². The fraction of sp³-hybridized carbons (Fsp3) is 0.727. The molecule has 1 fully saturated rings. The molecule has 0 aromatic rings. The van der Waals surface area contributed by atoms with E-state index in [0.717, 1.165) is 0 Å². The zero-order valence-electron chi connectivity index (χ0n) is 10.1. The number of carbonyl (C=O) groups is 3. The highest BCUT2D eigenvalue weighted by Crippen LogP contribution is 2.32. The maximum Gasteiger partial charge on any atom is 0.328 e. The predicted octanol–water partition coefficient (Wildman–Crippen LogP) is 0.157. The summed E-state index contributed by atoms with van der Waals surface area (Å²) in [4.78, 5) is 34.7. The zero-order chi connectivity index (χ0) is 13.1. The number of imide groups is 2. The summed E-state index contributed by atoms with van der Waals surface area (Å²) in [5.41, 5.74) is -1.31. The van der Waals surface area contributed by atoms with Crippen molar-refractivity contribution in [1.82, 2.24) is 10.6 Å². The van der Waals surface area contributed by atoms with Crippen molar-refractivity contribution in [2.45, 2.75) is 33.1 Å². The lowest BCUT2D eigenvalue weighted by atomic mass is 9.76. The molecule has 0 aliphatic carbocycles. The van der Waals surface area contributed by atoms with Crippen molar-refractivity contribution in [2.24, 2.45) is 11.3 Å². The van der Waals surface area contributed by atoms with Gasteiger partial charge in [0.05, 0.1) is 0 Å². The van der Waals surface area contributed by atoms with Gasteiger partial charge in [-0.15, -0.1) is 0 Å². The van der Waals surface area contributed by atoms with E-state index < -0.39 is 23.3 Å². The predicted molar refractivity (Wildman–Crippen MR) is 59.9 cm³/mol. The van der Waals surface area contributed by atoms with Gasteiger partial charge >= 0.3 is 6.03 Å². The Balaban J connectivity index is 2.91. The van der Waals surface area contributed by atoms with Gasteiger partial charge in [-0.25, -0.2) is 4.79 Å². The molecular formula is C11H18N2O4. The van der Waals surface area contributed by atoms with Crippen molar-refractivity contribution in [2.75, 3.05) is 6.61 Å². The van der Waals surface area contributed by atoms with Gasteiger partial charge in [0.1, 0.15) is 5.41 Å². The number of urea groups is 1. The molecule has 0 spiro atoms. The Bertz CT molecular complexity index is 318. The fourth-order valence-corrected chi connectivity index (χ4v) is 1.88. The Morgan fingerprint density at radius 1 is 1.12 bits per heavy atom. The molecule has 3 N–H and O–H groups in total. The summed E-state index contributed by atoms with van der Waals surface area (Å²) in [7, 11) is 0. The molecule has 1 aliphatic heterocycles. The lowest BCUT2D eigenvalue weighted by Gasteiger charge is -2.33. The summed E-state index contributed by atoms with van der Waals surface area (Å²) in [5.74, 6) is -0.884. The van der Waals surface area contributed by atoms with E-state index in [2.05, 4.69) is 10.6 Å². The first-order valence-corrected chi connectivity index (χ1v) is 5.70. The van der Waals surface area contributed by atoms with Crippen molar-refractivity contribution in [3.05, 3.63) is 0 Å². The number of carbonyl (C=O) groups excluding carboxylic acids is 3. The summed E-state index contributed by atoms with van der Waals surface area (Å²) in [5, 5.41) is 13.2. The molecule has 0 unspecified atom stereocenters. The van der Waals surface area contributed by atoms with E-state index >= 15 is 0 Å². The molecule has 0 radical (unpaired) electrons. The highest BCUT2D eigenvalue weighted by Gasteiger charge is 2.49. The molecule has 96 valence electrons. The average Bonchev–Trinajstić information content (AvgIpc) is 2.21. The van der Waals surface area contributed by atoms with Crippen molar-refractivity contribution >= 4 is 17.8 Å². The van der Waals surface area contributed by atoms with Gasteiger partial charge in [0, 0.05) is 6.61 Å². The second-order valence-corrected chi connectivity index (χ2v) is 4.73. The van der Waals surface area contributed by atoms with Gasteiger partial charge in [-0.05, 0) is 25.2 Å². The first-order chi connectivity index (χ1) is 7.92. The van der Waals surface area contributed by atoms with Gasteiger partial charge in [-0.2, -0.15) is 0 Å². The van der Waals surface area contributed by atoms with E-state index in [1.54, 1.807) is 0 Å².